The number of amides is 2. The van der Waals surface area contributed by atoms with Crippen molar-refractivity contribution in [2.75, 3.05) is 26.7 Å². The van der Waals surface area contributed by atoms with Crippen LogP contribution in [0.15, 0.2) is 16.8 Å². The predicted molar refractivity (Wildman–Crippen MR) is 87.2 cm³/mol. The van der Waals surface area contributed by atoms with Crippen LogP contribution < -0.4 is 0 Å². The number of carbonyl (C=O) groups is 3. The average molecular weight is 338 g/mol. The summed E-state index contributed by atoms with van der Waals surface area (Å²) < 4.78 is 0. The number of piperidine rings is 1. The summed E-state index contributed by atoms with van der Waals surface area (Å²) in [4.78, 5) is 38.3. The third-order valence-corrected chi connectivity index (χ3v) is 4.93. The molecule has 0 aromatic carbocycles. The van der Waals surface area contributed by atoms with Crippen LogP contribution in [0.2, 0.25) is 0 Å². The zero-order valence-corrected chi connectivity index (χ0v) is 14.1. The van der Waals surface area contributed by atoms with Crippen molar-refractivity contribution in [3.63, 3.8) is 0 Å². The van der Waals surface area contributed by atoms with E-state index < -0.39 is 5.97 Å². The van der Waals surface area contributed by atoms with Crippen LogP contribution in [0.1, 0.15) is 24.8 Å². The Kier molecular flexibility index (Phi) is 6.15. The molecule has 1 N–H and O–H groups in total. The molecule has 0 radical (unpaired) electrons. The maximum absolute atomic E-state index is 12.2. The zero-order valence-electron chi connectivity index (χ0n) is 13.2. The minimum Gasteiger partial charge on any atom is -0.481 e. The molecule has 7 heteroatoms. The first kappa shape index (κ1) is 17.5. The van der Waals surface area contributed by atoms with Gasteiger partial charge in [-0.3, -0.25) is 14.4 Å². The second-order valence-corrected chi connectivity index (χ2v) is 6.65. The van der Waals surface area contributed by atoms with E-state index in [0.29, 0.717) is 38.8 Å². The van der Waals surface area contributed by atoms with Gasteiger partial charge in [0.1, 0.15) is 0 Å². The zero-order chi connectivity index (χ0) is 16.8. The van der Waals surface area contributed by atoms with Gasteiger partial charge in [-0.25, -0.2) is 0 Å². The van der Waals surface area contributed by atoms with Crippen molar-refractivity contribution < 1.29 is 19.5 Å². The van der Waals surface area contributed by atoms with Gasteiger partial charge < -0.3 is 14.9 Å². The molecular formula is C16H22N2O4S. The summed E-state index contributed by atoms with van der Waals surface area (Å²) in [6.45, 7) is 0.958. The van der Waals surface area contributed by atoms with Crippen LogP contribution in [0.3, 0.4) is 0 Å². The number of hydrogen-bond acceptors (Lipinski definition) is 4. The monoisotopic (exact) mass is 338 g/mol. The molecule has 1 aliphatic rings. The number of nitrogens with zero attached hydrogens (tertiary/aromatic N) is 2. The lowest BCUT2D eigenvalue weighted by atomic mass is 9.97. The number of carboxylic acid groups (broad SMARTS) is 1. The number of carbonyl (C=O) groups excluding carboxylic acids is 2. The summed E-state index contributed by atoms with van der Waals surface area (Å²) in [7, 11) is 1.64. The molecule has 6 nitrogen and oxygen atoms in total. The summed E-state index contributed by atoms with van der Waals surface area (Å²) in [6, 6.07) is 2.00. The molecule has 0 bridgehead atoms. The molecule has 1 saturated heterocycles. The molecule has 2 heterocycles. The number of hydrogen-bond donors (Lipinski definition) is 1. The van der Waals surface area contributed by atoms with E-state index in [0.717, 1.165) is 5.56 Å². The highest BCUT2D eigenvalue weighted by molar-refractivity contribution is 7.07. The molecule has 126 valence electrons. The number of carboxylic acids is 1. The van der Waals surface area contributed by atoms with Gasteiger partial charge >= 0.3 is 5.97 Å². The fourth-order valence-corrected chi connectivity index (χ4v) is 3.35. The number of aliphatic carboxylic acids is 1. The molecule has 0 aliphatic carbocycles. The second-order valence-electron chi connectivity index (χ2n) is 5.87. The van der Waals surface area contributed by atoms with E-state index in [4.69, 9.17) is 5.11 Å². The first-order valence-corrected chi connectivity index (χ1v) is 8.67. The summed E-state index contributed by atoms with van der Waals surface area (Å²) >= 11 is 1.60. The lowest BCUT2D eigenvalue weighted by molar-refractivity contribution is -0.146. The highest BCUT2D eigenvalue weighted by Crippen LogP contribution is 2.17. The van der Waals surface area contributed by atoms with Crippen LogP contribution in [0.25, 0.3) is 0 Å². The fourth-order valence-electron chi connectivity index (χ4n) is 2.64. The van der Waals surface area contributed by atoms with E-state index in [1.165, 1.54) is 4.90 Å². The molecule has 0 atom stereocenters. The molecule has 0 saturated carbocycles. The summed E-state index contributed by atoms with van der Waals surface area (Å²) in [6.07, 6.45) is 2.04. The van der Waals surface area contributed by atoms with Crippen molar-refractivity contribution in [2.45, 2.75) is 25.7 Å². The molecule has 1 aromatic rings. The van der Waals surface area contributed by atoms with Gasteiger partial charge in [-0.2, -0.15) is 11.3 Å². The van der Waals surface area contributed by atoms with Crippen molar-refractivity contribution in [3.05, 3.63) is 22.4 Å². The van der Waals surface area contributed by atoms with E-state index in [9.17, 15) is 14.4 Å². The van der Waals surface area contributed by atoms with Crippen LogP contribution in [0, 0.1) is 5.92 Å². The quantitative estimate of drug-likeness (QED) is 0.852. The summed E-state index contributed by atoms with van der Waals surface area (Å²) in [5.41, 5.74) is 1.14. The third kappa shape index (κ3) is 5.06. The largest absolute Gasteiger partial charge is 0.481 e. The van der Waals surface area contributed by atoms with Gasteiger partial charge in [-0.15, -0.1) is 0 Å². The smallest absolute Gasteiger partial charge is 0.306 e. The minimum absolute atomic E-state index is 0.0510. The number of likely N-dealkylation sites (tertiary alicyclic amines) is 1. The Morgan fingerprint density at radius 1 is 1.35 bits per heavy atom. The predicted octanol–water partition coefficient (Wildman–Crippen LogP) is 1.46. The van der Waals surface area contributed by atoms with Gasteiger partial charge in [-0.1, -0.05) is 0 Å². The molecule has 2 rings (SSSR count). The topological polar surface area (TPSA) is 77.9 Å². The summed E-state index contributed by atoms with van der Waals surface area (Å²) in [5.74, 6) is -1.31. The molecule has 1 fully saturated rings. The van der Waals surface area contributed by atoms with Crippen LogP contribution in [-0.2, 0) is 20.8 Å². The second kappa shape index (κ2) is 8.10. The molecular weight excluding hydrogens is 316 g/mol. The molecule has 23 heavy (non-hydrogen) atoms. The van der Waals surface area contributed by atoms with Crippen molar-refractivity contribution in [3.8, 4) is 0 Å². The minimum atomic E-state index is -0.794. The number of thiophene rings is 1. The Morgan fingerprint density at radius 3 is 2.61 bits per heavy atom. The van der Waals surface area contributed by atoms with Gasteiger partial charge in [0, 0.05) is 26.6 Å². The Balaban J connectivity index is 1.73. The number of likely N-dealkylation sites (N-methyl/N-ethyl adjacent to an activating group) is 1. The Hall–Kier alpha value is -1.89. The first-order chi connectivity index (χ1) is 11.0. The highest BCUT2D eigenvalue weighted by atomic mass is 32.1. The normalized spacial score (nSPS) is 15.4. The lowest BCUT2D eigenvalue weighted by Gasteiger charge is -2.31. The highest BCUT2D eigenvalue weighted by Gasteiger charge is 2.27. The first-order valence-electron chi connectivity index (χ1n) is 7.73. The molecule has 1 aromatic heterocycles. The van der Waals surface area contributed by atoms with E-state index in [2.05, 4.69) is 0 Å². The average Bonchev–Trinajstić information content (AvgIpc) is 3.05. The van der Waals surface area contributed by atoms with E-state index in [-0.39, 0.29) is 24.3 Å². The van der Waals surface area contributed by atoms with Gasteiger partial charge in [0.15, 0.2) is 0 Å². The maximum Gasteiger partial charge on any atom is 0.306 e. The van der Waals surface area contributed by atoms with Crippen molar-refractivity contribution in [2.24, 2.45) is 5.92 Å². The summed E-state index contributed by atoms with van der Waals surface area (Å²) in [5, 5.41) is 13.0. The number of rotatable bonds is 6. The van der Waals surface area contributed by atoms with Gasteiger partial charge in [0.2, 0.25) is 11.8 Å². The van der Waals surface area contributed by atoms with Crippen LogP contribution in [-0.4, -0.2) is 59.4 Å². The van der Waals surface area contributed by atoms with Crippen molar-refractivity contribution in [1.82, 2.24) is 9.80 Å². The Labute approximate surface area is 139 Å². The molecule has 0 unspecified atom stereocenters. The molecule has 2 amide bonds. The Bertz CT molecular complexity index is 550. The molecule has 1 aliphatic heterocycles. The lowest BCUT2D eigenvalue weighted by Crippen LogP contribution is -2.45. The fraction of sp³-hybridized carbons (Fsp3) is 0.562. The third-order valence-electron chi connectivity index (χ3n) is 4.20. The number of aryl methyl sites for hydroxylation is 1. The SMILES string of the molecule is CN(CC(=O)N1CCC(C(=O)O)CC1)C(=O)CCc1ccsc1. The molecule has 0 spiro atoms. The van der Waals surface area contributed by atoms with E-state index in [1.54, 1.807) is 23.3 Å². The van der Waals surface area contributed by atoms with E-state index >= 15 is 0 Å². The van der Waals surface area contributed by atoms with Crippen molar-refractivity contribution >= 4 is 29.1 Å². The van der Waals surface area contributed by atoms with Gasteiger partial charge in [-0.05, 0) is 41.7 Å². The van der Waals surface area contributed by atoms with Crippen LogP contribution in [0.4, 0.5) is 0 Å². The van der Waals surface area contributed by atoms with Crippen molar-refractivity contribution in [1.29, 1.82) is 0 Å². The van der Waals surface area contributed by atoms with Gasteiger partial charge in [0.25, 0.3) is 0 Å². The standard InChI is InChI=1S/C16H22N2O4S/c1-17(14(19)3-2-12-6-9-23-11-12)10-15(20)18-7-4-13(5-8-18)16(21)22/h6,9,11,13H,2-5,7-8,10H2,1H3,(H,21,22). The van der Waals surface area contributed by atoms with E-state index in [1.807, 2.05) is 16.8 Å². The van der Waals surface area contributed by atoms with Crippen LogP contribution >= 0.6 is 11.3 Å². The Morgan fingerprint density at radius 2 is 2.04 bits per heavy atom. The van der Waals surface area contributed by atoms with Crippen LogP contribution in [0.5, 0.6) is 0 Å². The van der Waals surface area contributed by atoms with Gasteiger partial charge in [0.05, 0.1) is 12.5 Å². The maximum atomic E-state index is 12.2.